The monoisotopic (exact) mass is 302 g/mol. The molecule has 19 heavy (non-hydrogen) atoms. The van der Waals surface area contributed by atoms with E-state index in [0.717, 1.165) is 31.1 Å². The first-order valence-corrected chi connectivity index (χ1v) is 8.80. The average Bonchev–Trinajstić information content (AvgIpc) is 2.40. The molecule has 0 bridgehead atoms. The molecule has 1 aliphatic heterocycles. The fourth-order valence-corrected chi connectivity index (χ4v) is 3.87. The van der Waals surface area contributed by atoms with Gasteiger partial charge in [-0.05, 0) is 24.3 Å². The Hall–Kier alpha value is -0.760. The highest BCUT2D eigenvalue weighted by Crippen LogP contribution is 2.14. The minimum atomic E-state index is -3.47. The van der Waals surface area contributed by atoms with Gasteiger partial charge in [-0.1, -0.05) is 0 Å². The number of hydrogen-bond donors (Lipinski definition) is 2. The number of hydrogen-bond acceptors (Lipinski definition) is 5. The van der Waals surface area contributed by atoms with Crippen LogP contribution in [0.15, 0.2) is 29.2 Å². The topological polar surface area (TPSA) is 69.6 Å². The molecule has 0 saturated carbocycles. The first-order chi connectivity index (χ1) is 9.08. The number of sulfonamides is 1. The summed E-state index contributed by atoms with van der Waals surface area (Å²) in [4.78, 5) is 2.44. The van der Waals surface area contributed by atoms with E-state index in [9.17, 15) is 8.42 Å². The summed E-state index contributed by atoms with van der Waals surface area (Å²) in [7, 11) is -3.47. The number of nitrogens with one attached hydrogen (secondary N) is 1. The minimum Gasteiger partial charge on any atom is -0.508 e. The number of aromatic hydroxyl groups is 1. The summed E-state index contributed by atoms with van der Waals surface area (Å²) in [6.45, 7) is 3.18. The summed E-state index contributed by atoms with van der Waals surface area (Å²) in [5, 5.41) is 9.14. The Morgan fingerprint density at radius 1 is 1.21 bits per heavy atom. The van der Waals surface area contributed by atoms with Crippen molar-refractivity contribution in [3.8, 4) is 5.75 Å². The van der Waals surface area contributed by atoms with Crippen LogP contribution in [-0.4, -0.2) is 56.1 Å². The summed E-state index contributed by atoms with van der Waals surface area (Å²) in [6.07, 6.45) is 0. The van der Waals surface area contributed by atoms with Gasteiger partial charge in [-0.15, -0.1) is 0 Å². The van der Waals surface area contributed by atoms with Gasteiger partial charge in [-0.3, -0.25) is 0 Å². The van der Waals surface area contributed by atoms with E-state index in [-0.39, 0.29) is 10.6 Å². The van der Waals surface area contributed by atoms with E-state index in [0.29, 0.717) is 6.54 Å². The lowest BCUT2D eigenvalue weighted by Crippen LogP contribution is -2.39. The molecule has 1 aromatic carbocycles. The highest BCUT2D eigenvalue weighted by atomic mass is 32.2. The molecule has 0 radical (unpaired) electrons. The van der Waals surface area contributed by atoms with Gasteiger partial charge < -0.3 is 10.0 Å². The molecule has 0 atom stereocenters. The highest BCUT2D eigenvalue weighted by Gasteiger charge is 2.15. The fourth-order valence-electron chi connectivity index (χ4n) is 1.87. The molecule has 0 spiro atoms. The van der Waals surface area contributed by atoms with Crippen molar-refractivity contribution in [3.63, 3.8) is 0 Å². The molecule has 0 amide bonds. The van der Waals surface area contributed by atoms with Gasteiger partial charge in [-0.2, -0.15) is 11.8 Å². The Morgan fingerprint density at radius 3 is 2.47 bits per heavy atom. The smallest absolute Gasteiger partial charge is 0.240 e. The van der Waals surface area contributed by atoms with Gasteiger partial charge in [0.1, 0.15) is 5.75 Å². The second kappa shape index (κ2) is 6.60. The van der Waals surface area contributed by atoms with E-state index >= 15 is 0 Å². The molecule has 2 N–H and O–H groups in total. The van der Waals surface area contributed by atoms with Crippen molar-refractivity contribution in [1.82, 2.24) is 9.62 Å². The molecule has 7 heteroatoms. The SMILES string of the molecule is O=S(=O)(NCCN1CCSCC1)c1ccc(O)cc1. The number of thioether (sulfide) groups is 1. The van der Waals surface area contributed by atoms with Gasteiger partial charge in [0.05, 0.1) is 4.90 Å². The third kappa shape index (κ3) is 4.38. The van der Waals surface area contributed by atoms with E-state index in [1.165, 1.54) is 24.3 Å². The lowest BCUT2D eigenvalue weighted by Gasteiger charge is -2.25. The van der Waals surface area contributed by atoms with E-state index < -0.39 is 10.0 Å². The molecule has 1 heterocycles. The van der Waals surface area contributed by atoms with Gasteiger partial charge in [0.15, 0.2) is 0 Å². The maximum absolute atomic E-state index is 12.0. The lowest BCUT2D eigenvalue weighted by atomic mass is 10.3. The number of phenolic OH excluding ortho intramolecular Hbond substituents is 1. The van der Waals surface area contributed by atoms with Gasteiger partial charge in [-0.25, -0.2) is 13.1 Å². The number of benzene rings is 1. The Labute approximate surface area is 118 Å². The van der Waals surface area contributed by atoms with E-state index in [2.05, 4.69) is 9.62 Å². The number of phenols is 1. The maximum atomic E-state index is 12.0. The van der Waals surface area contributed by atoms with Crippen LogP contribution in [0.25, 0.3) is 0 Å². The van der Waals surface area contributed by atoms with Crippen LogP contribution in [0.1, 0.15) is 0 Å². The number of nitrogens with zero attached hydrogens (tertiary/aromatic N) is 1. The summed E-state index contributed by atoms with van der Waals surface area (Å²) in [5.41, 5.74) is 0. The second-order valence-electron chi connectivity index (χ2n) is 4.35. The molecule has 0 unspecified atom stereocenters. The molecule has 1 aromatic rings. The third-order valence-electron chi connectivity index (χ3n) is 2.97. The predicted molar refractivity (Wildman–Crippen MR) is 77.1 cm³/mol. The molecular weight excluding hydrogens is 284 g/mol. The van der Waals surface area contributed by atoms with Crippen LogP contribution in [0.5, 0.6) is 5.75 Å². The molecule has 0 aromatic heterocycles. The highest BCUT2D eigenvalue weighted by molar-refractivity contribution is 7.99. The summed E-state index contributed by atoms with van der Waals surface area (Å²) in [5.74, 6) is 2.29. The number of rotatable bonds is 5. The van der Waals surface area contributed by atoms with E-state index in [4.69, 9.17) is 5.11 Å². The van der Waals surface area contributed by atoms with Gasteiger partial charge in [0.2, 0.25) is 10.0 Å². The summed E-state index contributed by atoms with van der Waals surface area (Å²) < 4.78 is 26.5. The molecule has 0 aliphatic carbocycles. The van der Waals surface area contributed by atoms with Crippen LogP contribution in [0, 0.1) is 0 Å². The van der Waals surface area contributed by atoms with Gasteiger partial charge >= 0.3 is 0 Å². The maximum Gasteiger partial charge on any atom is 0.240 e. The van der Waals surface area contributed by atoms with Crippen molar-refractivity contribution >= 4 is 21.8 Å². The molecule has 2 rings (SSSR count). The van der Waals surface area contributed by atoms with Crippen molar-refractivity contribution in [3.05, 3.63) is 24.3 Å². The van der Waals surface area contributed by atoms with Crippen molar-refractivity contribution in [1.29, 1.82) is 0 Å². The molecule has 106 valence electrons. The van der Waals surface area contributed by atoms with Crippen molar-refractivity contribution < 1.29 is 13.5 Å². The van der Waals surface area contributed by atoms with Crippen LogP contribution >= 0.6 is 11.8 Å². The predicted octanol–water partition coefficient (Wildman–Crippen LogP) is 0.719. The van der Waals surface area contributed by atoms with E-state index in [1.807, 2.05) is 11.8 Å². The van der Waals surface area contributed by atoms with Crippen LogP contribution < -0.4 is 4.72 Å². The van der Waals surface area contributed by atoms with Crippen molar-refractivity contribution in [2.75, 3.05) is 37.7 Å². The summed E-state index contributed by atoms with van der Waals surface area (Å²) >= 11 is 1.93. The zero-order chi connectivity index (χ0) is 13.7. The van der Waals surface area contributed by atoms with Crippen LogP contribution in [0.2, 0.25) is 0 Å². The van der Waals surface area contributed by atoms with Crippen molar-refractivity contribution in [2.45, 2.75) is 4.90 Å². The second-order valence-corrected chi connectivity index (χ2v) is 7.34. The largest absolute Gasteiger partial charge is 0.508 e. The van der Waals surface area contributed by atoms with Crippen LogP contribution in [0.3, 0.4) is 0 Å². The Morgan fingerprint density at radius 2 is 1.84 bits per heavy atom. The normalized spacial score (nSPS) is 17.5. The molecule has 1 fully saturated rings. The molecule has 1 aliphatic rings. The fraction of sp³-hybridized carbons (Fsp3) is 0.500. The van der Waals surface area contributed by atoms with Crippen molar-refractivity contribution in [2.24, 2.45) is 0 Å². The third-order valence-corrected chi connectivity index (χ3v) is 5.39. The van der Waals surface area contributed by atoms with Crippen LogP contribution in [-0.2, 0) is 10.0 Å². The molecule has 1 saturated heterocycles. The quantitative estimate of drug-likeness (QED) is 0.839. The Kier molecular flexibility index (Phi) is 5.09. The average molecular weight is 302 g/mol. The minimum absolute atomic E-state index is 0.0600. The first kappa shape index (κ1) is 14.6. The molecular formula is C12H18N2O3S2. The van der Waals surface area contributed by atoms with E-state index in [1.54, 1.807) is 0 Å². The first-order valence-electron chi connectivity index (χ1n) is 6.17. The molecule has 5 nitrogen and oxygen atoms in total. The van der Waals surface area contributed by atoms with Gasteiger partial charge in [0, 0.05) is 37.7 Å². The zero-order valence-corrected chi connectivity index (χ0v) is 12.2. The lowest BCUT2D eigenvalue weighted by molar-refractivity contribution is 0.307. The zero-order valence-electron chi connectivity index (χ0n) is 10.6. The van der Waals surface area contributed by atoms with Crippen LogP contribution in [0.4, 0.5) is 0 Å². The standard InChI is InChI=1S/C12H18N2O3S2/c15-11-1-3-12(4-2-11)19(16,17)13-5-6-14-7-9-18-10-8-14/h1-4,13,15H,5-10H2. The van der Waals surface area contributed by atoms with Gasteiger partial charge in [0.25, 0.3) is 0 Å². The summed E-state index contributed by atoms with van der Waals surface area (Å²) in [6, 6.07) is 5.54. The Balaban J connectivity index is 1.85. The Bertz CT molecular complexity index is 496.